The van der Waals surface area contributed by atoms with Crippen LogP contribution in [0.4, 0.5) is 0 Å². The topological polar surface area (TPSA) is 37.3 Å². The minimum Gasteiger partial charge on any atom is -0.481 e. The van der Waals surface area contributed by atoms with Crippen molar-refractivity contribution >= 4 is 5.97 Å². The van der Waals surface area contributed by atoms with Crippen LogP contribution >= 0.6 is 0 Å². The normalized spacial score (nSPS) is 9.38. The Kier molecular flexibility index (Phi) is 15.5. The lowest BCUT2D eigenvalue weighted by molar-refractivity contribution is -0.137. The van der Waals surface area contributed by atoms with Crippen molar-refractivity contribution in [2.75, 3.05) is 0 Å². The molecular formula is C19H30O2. The molecule has 0 amide bonds. The van der Waals surface area contributed by atoms with Crippen molar-refractivity contribution in [3.05, 3.63) is 0 Å². The predicted molar refractivity (Wildman–Crippen MR) is 88.9 cm³/mol. The van der Waals surface area contributed by atoms with Gasteiger partial charge in [0.05, 0.1) is 0 Å². The van der Waals surface area contributed by atoms with Crippen LogP contribution in [0.1, 0.15) is 90.4 Å². The fourth-order valence-corrected chi connectivity index (χ4v) is 2.07. The summed E-state index contributed by atoms with van der Waals surface area (Å²) in [6.45, 7) is 2.25. The minimum absolute atomic E-state index is 0.195. The fraction of sp³-hybridized carbons (Fsp3) is 0.737. The first-order valence-electron chi connectivity index (χ1n) is 8.45. The molecule has 0 atom stereocenters. The second-order valence-electron chi connectivity index (χ2n) is 5.43. The van der Waals surface area contributed by atoms with Crippen LogP contribution in [0.15, 0.2) is 0 Å². The van der Waals surface area contributed by atoms with Gasteiger partial charge in [0.25, 0.3) is 0 Å². The first-order valence-corrected chi connectivity index (χ1v) is 8.45. The SMILES string of the molecule is CCCCCCCCCCCC#CC#CCCCC(=O)O. The van der Waals surface area contributed by atoms with E-state index in [2.05, 4.69) is 30.6 Å². The molecule has 0 aromatic rings. The van der Waals surface area contributed by atoms with Crippen LogP contribution in [0, 0.1) is 23.7 Å². The number of aliphatic carboxylic acids is 1. The average Bonchev–Trinajstić information content (AvgIpc) is 2.46. The number of unbranched alkanes of at least 4 members (excludes halogenated alkanes) is 10. The molecule has 0 spiro atoms. The molecule has 0 saturated carbocycles. The molecule has 0 fully saturated rings. The lowest BCUT2D eigenvalue weighted by atomic mass is 10.1. The quantitative estimate of drug-likeness (QED) is 0.398. The van der Waals surface area contributed by atoms with E-state index in [-0.39, 0.29) is 6.42 Å². The molecule has 0 aliphatic heterocycles. The van der Waals surface area contributed by atoms with E-state index in [1.807, 2.05) is 0 Å². The zero-order valence-corrected chi connectivity index (χ0v) is 13.5. The van der Waals surface area contributed by atoms with Gasteiger partial charge in [-0.1, -0.05) is 70.1 Å². The molecular weight excluding hydrogens is 260 g/mol. The largest absolute Gasteiger partial charge is 0.481 e. The maximum absolute atomic E-state index is 10.3. The Labute approximate surface area is 130 Å². The highest BCUT2D eigenvalue weighted by molar-refractivity contribution is 5.66. The molecule has 21 heavy (non-hydrogen) atoms. The molecule has 0 bridgehead atoms. The Morgan fingerprint density at radius 2 is 1.24 bits per heavy atom. The molecule has 0 saturated heterocycles. The lowest BCUT2D eigenvalue weighted by Gasteiger charge is -1.99. The molecule has 118 valence electrons. The van der Waals surface area contributed by atoms with E-state index in [4.69, 9.17) is 5.11 Å². The van der Waals surface area contributed by atoms with Gasteiger partial charge in [0.1, 0.15) is 0 Å². The molecule has 0 aliphatic rings. The summed E-state index contributed by atoms with van der Waals surface area (Å²) >= 11 is 0. The maximum Gasteiger partial charge on any atom is 0.303 e. The van der Waals surface area contributed by atoms with Crippen molar-refractivity contribution in [3.8, 4) is 23.7 Å². The summed E-state index contributed by atoms with van der Waals surface area (Å²) in [6, 6.07) is 0. The second-order valence-corrected chi connectivity index (χ2v) is 5.43. The molecule has 0 unspecified atom stereocenters. The highest BCUT2D eigenvalue weighted by Gasteiger charge is 1.93. The highest BCUT2D eigenvalue weighted by Crippen LogP contribution is 2.10. The third-order valence-electron chi connectivity index (χ3n) is 3.34. The molecule has 0 aromatic heterocycles. The smallest absolute Gasteiger partial charge is 0.303 e. The van der Waals surface area contributed by atoms with Gasteiger partial charge in [-0.2, -0.15) is 0 Å². The summed E-state index contributed by atoms with van der Waals surface area (Å²) in [6.07, 6.45) is 14.4. The van der Waals surface area contributed by atoms with Gasteiger partial charge in [-0.15, -0.1) is 0 Å². The maximum atomic E-state index is 10.3. The van der Waals surface area contributed by atoms with Crippen LogP contribution in [0.25, 0.3) is 0 Å². The Bertz CT molecular complexity index is 362. The third kappa shape index (κ3) is 18.6. The van der Waals surface area contributed by atoms with Gasteiger partial charge >= 0.3 is 5.97 Å². The zero-order chi connectivity index (χ0) is 15.6. The van der Waals surface area contributed by atoms with E-state index >= 15 is 0 Å². The van der Waals surface area contributed by atoms with E-state index < -0.39 is 5.97 Å². The molecule has 0 heterocycles. The molecule has 0 radical (unpaired) electrons. The van der Waals surface area contributed by atoms with Crippen molar-refractivity contribution in [2.24, 2.45) is 0 Å². The molecule has 2 heteroatoms. The van der Waals surface area contributed by atoms with Crippen LogP contribution in [0.3, 0.4) is 0 Å². The van der Waals surface area contributed by atoms with Crippen LogP contribution < -0.4 is 0 Å². The first kappa shape index (κ1) is 19.6. The van der Waals surface area contributed by atoms with Gasteiger partial charge in [-0.25, -0.2) is 0 Å². The Morgan fingerprint density at radius 3 is 1.76 bits per heavy atom. The van der Waals surface area contributed by atoms with E-state index in [1.54, 1.807) is 0 Å². The lowest BCUT2D eigenvalue weighted by Crippen LogP contribution is -1.92. The van der Waals surface area contributed by atoms with Gasteiger partial charge < -0.3 is 5.11 Å². The number of carboxylic acids is 1. The number of carbonyl (C=O) groups is 1. The van der Waals surface area contributed by atoms with Crippen LogP contribution in [-0.2, 0) is 4.79 Å². The standard InChI is InChI=1S/C19H30O2/c1-2-3-4-5-6-7-8-9-10-11-12-13-14-15-16-17-18-19(20)21/h2-11,16-18H2,1H3,(H,20,21). The zero-order valence-electron chi connectivity index (χ0n) is 13.5. The number of hydrogen-bond acceptors (Lipinski definition) is 1. The van der Waals surface area contributed by atoms with Crippen molar-refractivity contribution in [1.82, 2.24) is 0 Å². The summed E-state index contributed by atoms with van der Waals surface area (Å²) in [5.41, 5.74) is 0. The fourth-order valence-electron chi connectivity index (χ4n) is 2.07. The highest BCUT2D eigenvalue weighted by atomic mass is 16.4. The van der Waals surface area contributed by atoms with Crippen molar-refractivity contribution in [1.29, 1.82) is 0 Å². The third-order valence-corrected chi connectivity index (χ3v) is 3.34. The van der Waals surface area contributed by atoms with Crippen LogP contribution in [-0.4, -0.2) is 11.1 Å². The van der Waals surface area contributed by atoms with Gasteiger partial charge in [0.2, 0.25) is 0 Å². The minimum atomic E-state index is -0.756. The van der Waals surface area contributed by atoms with Gasteiger partial charge in [0, 0.05) is 19.3 Å². The summed E-state index contributed by atoms with van der Waals surface area (Å²) < 4.78 is 0. The molecule has 0 aliphatic carbocycles. The summed E-state index contributed by atoms with van der Waals surface area (Å²) in [5, 5.41) is 8.45. The van der Waals surface area contributed by atoms with E-state index in [0.717, 1.165) is 6.42 Å². The van der Waals surface area contributed by atoms with Crippen molar-refractivity contribution in [3.63, 3.8) is 0 Å². The van der Waals surface area contributed by atoms with Crippen LogP contribution in [0.5, 0.6) is 0 Å². The summed E-state index contributed by atoms with van der Waals surface area (Å²) in [5.74, 6) is 10.8. The van der Waals surface area contributed by atoms with E-state index in [9.17, 15) is 4.79 Å². The molecule has 0 rings (SSSR count). The number of hydrogen-bond donors (Lipinski definition) is 1. The Hall–Kier alpha value is -1.41. The Balaban J connectivity index is 3.26. The first-order chi connectivity index (χ1) is 10.3. The van der Waals surface area contributed by atoms with Crippen molar-refractivity contribution < 1.29 is 9.90 Å². The van der Waals surface area contributed by atoms with Gasteiger partial charge in [-0.3, -0.25) is 4.79 Å². The van der Waals surface area contributed by atoms with E-state index in [1.165, 1.54) is 57.8 Å². The Morgan fingerprint density at radius 1 is 0.762 bits per heavy atom. The van der Waals surface area contributed by atoms with Gasteiger partial charge in [-0.05, 0) is 24.7 Å². The summed E-state index contributed by atoms with van der Waals surface area (Å²) in [7, 11) is 0. The second kappa shape index (κ2) is 16.6. The van der Waals surface area contributed by atoms with Gasteiger partial charge in [0.15, 0.2) is 0 Å². The number of rotatable bonds is 12. The van der Waals surface area contributed by atoms with Crippen LogP contribution in [0.2, 0.25) is 0 Å². The molecule has 2 nitrogen and oxygen atoms in total. The predicted octanol–water partition coefficient (Wildman–Crippen LogP) is 5.17. The molecule has 1 N–H and O–H groups in total. The van der Waals surface area contributed by atoms with Crippen molar-refractivity contribution in [2.45, 2.75) is 90.4 Å². The molecule has 0 aromatic carbocycles. The number of carboxylic acid groups (broad SMARTS) is 1. The summed E-state index contributed by atoms with van der Waals surface area (Å²) in [4.78, 5) is 10.3. The average molecular weight is 290 g/mol. The van der Waals surface area contributed by atoms with E-state index in [0.29, 0.717) is 12.8 Å². The monoisotopic (exact) mass is 290 g/mol.